The maximum absolute atomic E-state index is 2.32. The number of hydrogen-bond donors (Lipinski definition) is 0. The fourth-order valence-electron chi connectivity index (χ4n) is 2.74. The van der Waals surface area contributed by atoms with Gasteiger partial charge in [-0.2, -0.15) is 0 Å². The molecule has 2 rings (SSSR count). The zero-order chi connectivity index (χ0) is 9.26. The summed E-state index contributed by atoms with van der Waals surface area (Å²) in [5, 5.41) is 0. The molecule has 0 aliphatic heterocycles. The van der Waals surface area contributed by atoms with E-state index in [2.05, 4.69) is 38.1 Å². The van der Waals surface area contributed by atoms with Crippen LogP contribution in [0.5, 0.6) is 0 Å². The molecule has 0 amide bonds. The van der Waals surface area contributed by atoms with Gasteiger partial charge in [0.2, 0.25) is 0 Å². The second-order valence-electron chi connectivity index (χ2n) is 4.09. The summed E-state index contributed by atoms with van der Waals surface area (Å²) in [6, 6.07) is 8.97. The van der Waals surface area contributed by atoms with Gasteiger partial charge in [0.25, 0.3) is 0 Å². The zero-order valence-electron chi connectivity index (χ0n) is 8.59. The monoisotopic (exact) mass is 174 g/mol. The van der Waals surface area contributed by atoms with Crippen LogP contribution in [0.25, 0.3) is 0 Å². The van der Waals surface area contributed by atoms with Gasteiger partial charge in [0.05, 0.1) is 0 Å². The first-order valence-corrected chi connectivity index (χ1v) is 5.44. The normalized spacial score (nSPS) is 26.0. The molecule has 1 aliphatic carbocycles. The quantitative estimate of drug-likeness (QED) is 0.640. The lowest BCUT2D eigenvalue weighted by molar-refractivity contribution is 0.433. The molecule has 0 saturated carbocycles. The molecule has 1 aromatic rings. The Morgan fingerprint density at radius 1 is 1.15 bits per heavy atom. The first-order valence-electron chi connectivity index (χ1n) is 5.44. The molecule has 0 aromatic heterocycles. The maximum Gasteiger partial charge on any atom is -0.0130 e. The Labute approximate surface area is 81.0 Å². The molecule has 0 heterocycles. The summed E-state index contributed by atoms with van der Waals surface area (Å²) in [5.41, 5.74) is 3.22. The average Bonchev–Trinajstić information content (AvgIpc) is 2.55. The van der Waals surface area contributed by atoms with Gasteiger partial charge >= 0.3 is 0 Å². The molecule has 70 valence electrons. The first-order chi connectivity index (χ1) is 6.36. The van der Waals surface area contributed by atoms with Crippen LogP contribution in [0.1, 0.15) is 43.7 Å². The highest BCUT2D eigenvalue weighted by Crippen LogP contribution is 2.41. The highest BCUT2D eigenvalue weighted by atomic mass is 14.3. The molecule has 1 aliphatic rings. The summed E-state index contributed by atoms with van der Waals surface area (Å²) in [6.07, 6.45) is 3.94. The van der Waals surface area contributed by atoms with Crippen molar-refractivity contribution in [1.29, 1.82) is 0 Å². The van der Waals surface area contributed by atoms with Gasteiger partial charge in [-0.15, -0.1) is 0 Å². The highest BCUT2D eigenvalue weighted by Gasteiger charge is 2.28. The number of hydrogen-bond acceptors (Lipinski definition) is 0. The van der Waals surface area contributed by atoms with Crippen LogP contribution in [0.4, 0.5) is 0 Å². The van der Waals surface area contributed by atoms with E-state index in [1.807, 2.05) is 0 Å². The fraction of sp³-hybridized carbons (Fsp3) is 0.538. The molecule has 13 heavy (non-hydrogen) atoms. The minimum Gasteiger partial charge on any atom is -0.0651 e. The van der Waals surface area contributed by atoms with E-state index in [0.717, 1.165) is 11.8 Å². The molecule has 0 heteroatoms. The fourth-order valence-corrected chi connectivity index (χ4v) is 2.74. The first kappa shape index (κ1) is 8.80. The van der Waals surface area contributed by atoms with Crippen LogP contribution in [0, 0.1) is 5.92 Å². The molecular formula is C13H18. The third-order valence-electron chi connectivity index (χ3n) is 3.47. The number of rotatable bonds is 2. The third kappa shape index (κ3) is 1.39. The second kappa shape index (κ2) is 3.53. The number of benzene rings is 1. The van der Waals surface area contributed by atoms with Gasteiger partial charge in [-0.05, 0) is 35.8 Å². The van der Waals surface area contributed by atoms with Gasteiger partial charge in [0.1, 0.15) is 0 Å². The van der Waals surface area contributed by atoms with E-state index in [1.165, 1.54) is 19.3 Å². The summed E-state index contributed by atoms with van der Waals surface area (Å²) >= 11 is 0. The molecule has 0 nitrogen and oxygen atoms in total. The van der Waals surface area contributed by atoms with Gasteiger partial charge in [0.15, 0.2) is 0 Å². The Kier molecular flexibility index (Phi) is 2.39. The number of fused-ring (bicyclic) bond motifs is 1. The van der Waals surface area contributed by atoms with Gasteiger partial charge in [-0.3, -0.25) is 0 Å². The topological polar surface area (TPSA) is 0 Å². The van der Waals surface area contributed by atoms with Crippen molar-refractivity contribution in [2.24, 2.45) is 5.92 Å². The van der Waals surface area contributed by atoms with Crippen molar-refractivity contribution >= 4 is 0 Å². The molecule has 0 spiro atoms. The smallest absolute Gasteiger partial charge is 0.0130 e. The van der Waals surface area contributed by atoms with E-state index in [-0.39, 0.29) is 0 Å². The van der Waals surface area contributed by atoms with Crippen molar-refractivity contribution in [3.63, 3.8) is 0 Å². The predicted octanol–water partition coefficient (Wildman–Crippen LogP) is 3.76. The van der Waals surface area contributed by atoms with Crippen molar-refractivity contribution in [2.45, 2.75) is 39.0 Å². The predicted molar refractivity (Wildman–Crippen MR) is 57.0 cm³/mol. The molecular weight excluding hydrogens is 156 g/mol. The van der Waals surface area contributed by atoms with Crippen molar-refractivity contribution in [3.8, 4) is 0 Å². The zero-order valence-corrected chi connectivity index (χ0v) is 8.59. The van der Waals surface area contributed by atoms with E-state index in [0.29, 0.717) is 0 Å². The van der Waals surface area contributed by atoms with E-state index >= 15 is 0 Å². The van der Waals surface area contributed by atoms with E-state index in [1.54, 1.807) is 11.1 Å². The molecule has 0 fully saturated rings. The summed E-state index contributed by atoms with van der Waals surface area (Å²) in [5.74, 6) is 1.74. The molecule has 0 bridgehead atoms. The van der Waals surface area contributed by atoms with Crippen molar-refractivity contribution in [1.82, 2.24) is 0 Å². The van der Waals surface area contributed by atoms with E-state index in [9.17, 15) is 0 Å². The lowest BCUT2D eigenvalue weighted by Gasteiger charge is -2.16. The standard InChI is InChI=1S/C13H18/c1-3-10-9-11-7-5-6-8-13(11)12(10)4-2/h5-8,10,12H,3-4,9H2,1-2H3. The average molecular weight is 174 g/mol. The molecule has 0 saturated heterocycles. The summed E-state index contributed by atoms with van der Waals surface area (Å²) in [6.45, 7) is 4.63. The Balaban J connectivity index is 2.34. The van der Waals surface area contributed by atoms with Crippen LogP contribution >= 0.6 is 0 Å². The summed E-state index contributed by atoms with van der Waals surface area (Å²) in [7, 11) is 0. The minimum absolute atomic E-state index is 0.834. The van der Waals surface area contributed by atoms with Crippen LogP contribution in [0.15, 0.2) is 24.3 Å². The van der Waals surface area contributed by atoms with Crippen LogP contribution in [-0.4, -0.2) is 0 Å². The van der Waals surface area contributed by atoms with Crippen LogP contribution in [0.2, 0.25) is 0 Å². The SMILES string of the molecule is CCC1Cc2ccccc2C1CC. The largest absolute Gasteiger partial charge is 0.0651 e. The van der Waals surface area contributed by atoms with Gasteiger partial charge in [-0.25, -0.2) is 0 Å². The van der Waals surface area contributed by atoms with E-state index in [4.69, 9.17) is 0 Å². The lowest BCUT2D eigenvalue weighted by atomic mass is 9.88. The van der Waals surface area contributed by atoms with Crippen LogP contribution in [-0.2, 0) is 6.42 Å². The summed E-state index contributed by atoms with van der Waals surface area (Å²) in [4.78, 5) is 0. The van der Waals surface area contributed by atoms with Crippen molar-refractivity contribution in [2.75, 3.05) is 0 Å². The van der Waals surface area contributed by atoms with Gasteiger partial charge in [-0.1, -0.05) is 44.5 Å². The highest BCUT2D eigenvalue weighted by molar-refractivity contribution is 5.35. The van der Waals surface area contributed by atoms with Crippen LogP contribution in [0.3, 0.4) is 0 Å². The lowest BCUT2D eigenvalue weighted by Crippen LogP contribution is -2.04. The summed E-state index contributed by atoms with van der Waals surface area (Å²) < 4.78 is 0. The molecule has 0 N–H and O–H groups in total. The van der Waals surface area contributed by atoms with E-state index < -0.39 is 0 Å². The second-order valence-corrected chi connectivity index (χ2v) is 4.09. The molecule has 2 unspecified atom stereocenters. The maximum atomic E-state index is 2.32. The Hall–Kier alpha value is -0.780. The van der Waals surface area contributed by atoms with Crippen LogP contribution < -0.4 is 0 Å². The van der Waals surface area contributed by atoms with Gasteiger partial charge < -0.3 is 0 Å². The Morgan fingerprint density at radius 2 is 1.92 bits per heavy atom. The molecule has 2 atom stereocenters. The Morgan fingerprint density at radius 3 is 2.62 bits per heavy atom. The molecule has 0 radical (unpaired) electrons. The van der Waals surface area contributed by atoms with Crippen molar-refractivity contribution < 1.29 is 0 Å². The Bertz CT molecular complexity index is 288. The van der Waals surface area contributed by atoms with Gasteiger partial charge in [0, 0.05) is 0 Å². The third-order valence-corrected chi connectivity index (χ3v) is 3.47. The minimum atomic E-state index is 0.834. The molecule has 1 aromatic carbocycles. The van der Waals surface area contributed by atoms with Crippen molar-refractivity contribution in [3.05, 3.63) is 35.4 Å².